The lowest BCUT2D eigenvalue weighted by atomic mass is 9.64. The highest BCUT2D eigenvalue weighted by molar-refractivity contribution is 4.91. The van der Waals surface area contributed by atoms with Crippen molar-refractivity contribution >= 4 is 0 Å². The number of hydrogen-bond acceptors (Lipinski definition) is 1. The highest BCUT2D eigenvalue weighted by atomic mass is 14.9. The fraction of sp³-hybridized carbons (Fsp3) is 1.00. The van der Waals surface area contributed by atoms with E-state index in [2.05, 4.69) is 40.1 Å². The minimum atomic E-state index is 0.515. The van der Waals surface area contributed by atoms with E-state index in [1.54, 1.807) is 0 Å². The molecule has 0 aromatic rings. The molecule has 1 heteroatoms. The normalized spacial score (nSPS) is 29.5. The number of hydrogen-bond donors (Lipinski definition) is 1. The van der Waals surface area contributed by atoms with Crippen LogP contribution < -0.4 is 5.32 Å². The molecule has 1 rings (SSSR count). The largest absolute Gasteiger partial charge is 0.317 e. The smallest absolute Gasteiger partial charge is 0.00999 e. The molecule has 0 aromatic heterocycles. The van der Waals surface area contributed by atoms with Crippen molar-refractivity contribution in [3.63, 3.8) is 0 Å². The predicted molar refractivity (Wildman–Crippen MR) is 81.9 cm³/mol. The summed E-state index contributed by atoms with van der Waals surface area (Å²) in [5, 5.41) is 3.59. The lowest BCUT2D eigenvalue weighted by Gasteiger charge is -2.44. The van der Waals surface area contributed by atoms with Crippen LogP contribution in [0.2, 0.25) is 0 Å². The monoisotopic (exact) mass is 253 g/mol. The molecule has 1 fully saturated rings. The Bertz CT molecular complexity index is 222. The molecule has 0 heterocycles. The maximum absolute atomic E-state index is 3.59. The van der Waals surface area contributed by atoms with E-state index in [9.17, 15) is 0 Å². The first-order valence-electron chi connectivity index (χ1n) is 8.18. The Morgan fingerprint density at radius 1 is 1.11 bits per heavy atom. The number of unbranched alkanes of at least 4 members (excludes halogenated alkanes) is 3. The maximum Gasteiger partial charge on any atom is 0.00999 e. The molecule has 0 bridgehead atoms. The Labute approximate surface area is 115 Å². The molecule has 0 saturated heterocycles. The summed E-state index contributed by atoms with van der Waals surface area (Å²) >= 11 is 0. The summed E-state index contributed by atoms with van der Waals surface area (Å²) in [5.41, 5.74) is 0.515. The summed E-state index contributed by atoms with van der Waals surface area (Å²) in [6, 6.07) is 0.745. The van der Waals surface area contributed by atoms with Crippen molar-refractivity contribution in [3.8, 4) is 0 Å². The third kappa shape index (κ3) is 4.57. The van der Waals surface area contributed by atoms with Crippen LogP contribution in [0.5, 0.6) is 0 Å². The third-order valence-corrected chi connectivity index (χ3v) is 5.16. The van der Waals surface area contributed by atoms with Crippen molar-refractivity contribution < 1.29 is 0 Å². The minimum Gasteiger partial charge on any atom is -0.317 e. The molecule has 1 N–H and O–H groups in total. The van der Waals surface area contributed by atoms with Crippen LogP contribution in [0.4, 0.5) is 0 Å². The zero-order valence-corrected chi connectivity index (χ0v) is 13.4. The van der Waals surface area contributed by atoms with Gasteiger partial charge in [-0.3, -0.25) is 0 Å². The van der Waals surface area contributed by atoms with E-state index in [-0.39, 0.29) is 0 Å². The molecule has 1 nitrogen and oxygen atoms in total. The van der Waals surface area contributed by atoms with Gasteiger partial charge in [0.1, 0.15) is 0 Å². The molecule has 0 aliphatic heterocycles. The Morgan fingerprint density at radius 3 is 2.44 bits per heavy atom. The SMILES string of the molecule is CCCCCCC(C)(C)C1CCC(C)CC1NC. The third-order valence-electron chi connectivity index (χ3n) is 5.16. The van der Waals surface area contributed by atoms with Gasteiger partial charge >= 0.3 is 0 Å². The summed E-state index contributed by atoms with van der Waals surface area (Å²) in [5.74, 6) is 1.79. The summed E-state index contributed by atoms with van der Waals surface area (Å²) in [6.45, 7) is 9.72. The molecule has 108 valence electrons. The van der Waals surface area contributed by atoms with E-state index in [1.165, 1.54) is 51.4 Å². The van der Waals surface area contributed by atoms with Crippen LogP contribution in [0.1, 0.15) is 79.1 Å². The fourth-order valence-corrected chi connectivity index (χ4v) is 3.83. The van der Waals surface area contributed by atoms with Gasteiger partial charge in [0.15, 0.2) is 0 Å². The second kappa shape index (κ2) is 7.53. The van der Waals surface area contributed by atoms with E-state index < -0.39 is 0 Å². The summed E-state index contributed by atoms with van der Waals surface area (Å²) in [7, 11) is 2.16. The van der Waals surface area contributed by atoms with Crippen molar-refractivity contribution in [2.24, 2.45) is 17.3 Å². The van der Waals surface area contributed by atoms with Gasteiger partial charge in [0.2, 0.25) is 0 Å². The summed E-state index contributed by atoms with van der Waals surface area (Å²) in [4.78, 5) is 0. The fourth-order valence-electron chi connectivity index (χ4n) is 3.83. The molecule has 3 unspecified atom stereocenters. The molecule has 0 amide bonds. The van der Waals surface area contributed by atoms with Crippen molar-refractivity contribution in [1.29, 1.82) is 0 Å². The minimum absolute atomic E-state index is 0.515. The highest BCUT2D eigenvalue weighted by Gasteiger charge is 2.37. The van der Waals surface area contributed by atoms with Crippen LogP contribution in [0.25, 0.3) is 0 Å². The quantitative estimate of drug-likeness (QED) is 0.629. The van der Waals surface area contributed by atoms with Crippen LogP contribution in [-0.2, 0) is 0 Å². The first-order chi connectivity index (χ1) is 8.51. The number of rotatable bonds is 7. The molecule has 1 aliphatic rings. The summed E-state index contributed by atoms with van der Waals surface area (Å²) < 4.78 is 0. The van der Waals surface area contributed by atoms with Crippen LogP contribution >= 0.6 is 0 Å². The molecule has 0 radical (unpaired) electrons. The van der Waals surface area contributed by atoms with Crippen molar-refractivity contribution in [2.75, 3.05) is 7.05 Å². The zero-order chi connectivity index (χ0) is 13.6. The van der Waals surface area contributed by atoms with Crippen molar-refractivity contribution in [1.82, 2.24) is 5.32 Å². The first kappa shape index (κ1) is 16.0. The number of nitrogens with one attached hydrogen (secondary N) is 1. The standard InChI is InChI=1S/C17H35N/c1-6-7-8-9-12-17(3,4)15-11-10-14(2)13-16(15)18-5/h14-16,18H,6-13H2,1-5H3. The molecule has 0 spiro atoms. The second-order valence-corrected chi connectivity index (χ2v) is 7.22. The van der Waals surface area contributed by atoms with Crippen LogP contribution in [-0.4, -0.2) is 13.1 Å². The van der Waals surface area contributed by atoms with Gasteiger partial charge in [-0.25, -0.2) is 0 Å². The Morgan fingerprint density at radius 2 is 1.83 bits per heavy atom. The lowest BCUT2D eigenvalue weighted by Crippen LogP contribution is -2.45. The lowest BCUT2D eigenvalue weighted by molar-refractivity contribution is 0.0879. The molecule has 0 aromatic carbocycles. The molecule has 3 atom stereocenters. The van der Waals surface area contributed by atoms with E-state index in [0.29, 0.717) is 5.41 Å². The zero-order valence-electron chi connectivity index (χ0n) is 13.4. The van der Waals surface area contributed by atoms with Gasteiger partial charge in [0.25, 0.3) is 0 Å². The summed E-state index contributed by atoms with van der Waals surface area (Å²) in [6.07, 6.45) is 11.2. The van der Waals surface area contributed by atoms with Gasteiger partial charge < -0.3 is 5.32 Å². The predicted octanol–water partition coefficient (Wildman–Crippen LogP) is 5.01. The molecular formula is C17H35N. The van der Waals surface area contributed by atoms with E-state index in [0.717, 1.165) is 17.9 Å². The van der Waals surface area contributed by atoms with E-state index in [4.69, 9.17) is 0 Å². The van der Waals surface area contributed by atoms with Crippen LogP contribution in [0.15, 0.2) is 0 Å². The average Bonchev–Trinajstić information content (AvgIpc) is 2.34. The van der Waals surface area contributed by atoms with Crippen molar-refractivity contribution in [2.45, 2.75) is 85.1 Å². The van der Waals surface area contributed by atoms with E-state index >= 15 is 0 Å². The van der Waals surface area contributed by atoms with Gasteiger partial charge in [0.05, 0.1) is 0 Å². The molecule has 18 heavy (non-hydrogen) atoms. The Balaban J connectivity index is 2.48. The highest BCUT2D eigenvalue weighted by Crippen LogP contribution is 2.43. The van der Waals surface area contributed by atoms with E-state index in [1.807, 2.05) is 0 Å². The maximum atomic E-state index is 3.59. The van der Waals surface area contributed by atoms with Crippen LogP contribution in [0, 0.1) is 17.3 Å². The molecule has 1 aliphatic carbocycles. The Kier molecular flexibility index (Phi) is 6.70. The second-order valence-electron chi connectivity index (χ2n) is 7.22. The first-order valence-corrected chi connectivity index (χ1v) is 8.18. The topological polar surface area (TPSA) is 12.0 Å². The van der Waals surface area contributed by atoms with Gasteiger partial charge in [-0.15, -0.1) is 0 Å². The van der Waals surface area contributed by atoms with Crippen molar-refractivity contribution in [3.05, 3.63) is 0 Å². The van der Waals surface area contributed by atoms with Crippen LogP contribution in [0.3, 0.4) is 0 Å². The van der Waals surface area contributed by atoms with Gasteiger partial charge in [-0.2, -0.15) is 0 Å². The molecule has 1 saturated carbocycles. The van der Waals surface area contributed by atoms with Gasteiger partial charge in [-0.05, 0) is 43.6 Å². The Hall–Kier alpha value is -0.0400. The van der Waals surface area contributed by atoms with Gasteiger partial charge in [0, 0.05) is 6.04 Å². The molecular weight excluding hydrogens is 218 g/mol. The average molecular weight is 253 g/mol. The van der Waals surface area contributed by atoms with Gasteiger partial charge in [-0.1, -0.05) is 59.8 Å².